The van der Waals surface area contributed by atoms with Gasteiger partial charge in [-0.2, -0.15) is 0 Å². The van der Waals surface area contributed by atoms with Gasteiger partial charge in [-0.3, -0.25) is 10.1 Å². The normalized spacial score (nSPS) is 28.1. The molecule has 3 rings (SSSR count). The number of amides is 3. The number of imide groups is 1. The van der Waals surface area contributed by atoms with Gasteiger partial charge < -0.3 is 14.7 Å². The summed E-state index contributed by atoms with van der Waals surface area (Å²) in [5.74, 6) is 1.43. The Balaban J connectivity index is 1.82. The Bertz CT molecular complexity index is 527. The van der Waals surface area contributed by atoms with Crippen molar-refractivity contribution in [1.29, 1.82) is 0 Å². The average molecular weight is 335 g/mol. The van der Waals surface area contributed by atoms with Crippen LogP contribution in [0.3, 0.4) is 0 Å². The van der Waals surface area contributed by atoms with Crippen LogP contribution in [0.25, 0.3) is 0 Å². The quantitative estimate of drug-likeness (QED) is 0.790. The van der Waals surface area contributed by atoms with E-state index < -0.39 is 6.17 Å². The molecule has 3 aliphatic heterocycles. The second-order valence-electron chi connectivity index (χ2n) is 7.26. The first kappa shape index (κ1) is 17.0. The largest absolute Gasteiger partial charge is 0.343 e. The third-order valence-corrected chi connectivity index (χ3v) is 5.41. The van der Waals surface area contributed by atoms with Crippen molar-refractivity contribution in [1.82, 2.24) is 20.0 Å². The Morgan fingerprint density at radius 2 is 1.92 bits per heavy atom. The average Bonchev–Trinajstić information content (AvgIpc) is 2.94. The molecule has 0 radical (unpaired) electrons. The van der Waals surface area contributed by atoms with E-state index in [2.05, 4.69) is 29.0 Å². The van der Waals surface area contributed by atoms with Crippen LogP contribution in [0.4, 0.5) is 4.79 Å². The summed E-state index contributed by atoms with van der Waals surface area (Å²) in [6.07, 6.45) is 5.21. The van der Waals surface area contributed by atoms with Gasteiger partial charge >= 0.3 is 6.03 Å². The van der Waals surface area contributed by atoms with Crippen LogP contribution in [0.5, 0.6) is 0 Å². The predicted molar refractivity (Wildman–Crippen MR) is 92.5 cm³/mol. The summed E-state index contributed by atoms with van der Waals surface area (Å²) in [5, 5.41) is 2.47. The zero-order chi connectivity index (χ0) is 17.3. The first-order valence-corrected chi connectivity index (χ1v) is 9.20. The van der Waals surface area contributed by atoms with Gasteiger partial charge in [-0.15, -0.1) is 0 Å². The van der Waals surface area contributed by atoms with Gasteiger partial charge in [0.1, 0.15) is 0 Å². The lowest BCUT2D eigenvalue weighted by Gasteiger charge is -2.39. The van der Waals surface area contributed by atoms with E-state index in [1.807, 2.05) is 0 Å². The number of aliphatic imine (C=N–C) groups is 1. The van der Waals surface area contributed by atoms with E-state index in [4.69, 9.17) is 4.99 Å². The summed E-state index contributed by atoms with van der Waals surface area (Å²) in [5.41, 5.74) is 0. The number of piperidine rings is 1. The second kappa shape index (κ2) is 6.99. The minimum atomic E-state index is -0.401. The Kier molecular flexibility index (Phi) is 4.96. The van der Waals surface area contributed by atoms with E-state index >= 15 is 0 Å². The van der Waals surface area contributed by atoms with Gasteiger partial charge in [0.15, 0.2) is 18.2 Å². The number of rotatable bonds is 4. The molecule has 3 heterocycles. The molecule has 3 amide bonds. The number of hydrogen-bond acceptors (Lipinski definition) is 5. The van der Waals surface area contributed by atoms with Gasteiger partial charge in [0.25, 0.3) is 5.91 Å². The van der Waals surface area contributed by atoms with Crippen molar-refractivity contribution in [2.24, 2.45) is 10.9 Å². The molecule has 134 valence electrons. The maximum Gasteiger partial charge on any atom is 0.325 e. The lowest BCUT2D eigenvalue weighted by molar-refractivity contribution is -0.127. The molecule has 1 N–H and O–H groups in total. The van der Waals surface area contributed by atoms with Gasteiger partial charge in [0.05, 0.1) is 0 Å². The molecule has 3 aliphatic rings. The second-order valence-corrected chi connectivity index (χ2v) is 7.26. The van der Waals surface area contributed by atoms with Crippen LogP contribution in [-0.4, -0.2) is 71.5 Å². The highest BCUT2D eigenvalue weighted by atomic mass is 16.2. The summed E-state index contributed by atoms with van der Waals surface area (Å²) in [4.78, 5) is 35.2. The highest BCUT2D eigenvalue weighted by Crippen LogP contribution is 2.28. The predicted octanol–water partition coefficient (Wildman–Crippen LogP) is 1.46. The first-order chi connectivity index (χ1) is 11.5. The monoisotopic (exact) mass is 335 g/mol. The molecular formula is C17H29N5O2. The van der Waals surface area contributed by atoms with Gasteiger partial charge in [0.2, 0.25) is 0 Å². The minimum absolute atomic E-state index is 0.219. The van der Waals surface area contributed by atoms with Crippen LogP contribution < -0.4 is 5.32 Å². The Labute approximate surface area is 144 Å². The number of nitrogens with zero attached hydrogens (tertiary/aromatic N) is 4. The molecule has 2 unspecified atom stereocenters. The summed E-state index contributed by atoms with van der Waals surface area (Å²) >= 11 is 0. The number of urea groups is 1. The summed E-state index contributed by atoms with van der Waals surface area (Å²) in [6.45, 7) is 7.22. The molecule has 0 aromatic carbocycles. The van der Waals surface area contributed by atoms with Crippen LogP contribution in [0.15, 0.2) is 4.99 Å². The SMILES string of the molecule is CCCCCN1C(N2CCC(C)CC2)=NC2C1C(=O)NC(=O)N2C. The van der Waals surface area contributed by atoms with E-state index in [0.717, 1.165) is 63.6 Å². The van der Waals surface area contributed by atoms with Crippen LogP contribution in [0.2, 0.25) is 0 Å². The molecular weight excluding hydrogens is 306 g/mol. The maximum atomic E-state index is 12.5. The highest BCUT2D eigenvalue weighted by molar-refractivity contribution is 6.03. The topological polar surface area (TPSA) is 68.2 Å². The number of carbonyl (C=O) groups excluding carboxylic acids is 2. The maximum absolute atomic E-state index is 12.5. The fourth-order valence-corrected chi connectivity index (χ4v) is 3.75. The van der Waals surface area contributed by atoms with Crippen LogP contribution >= 0.6 is 0 Å². The van der Waals surface area contributed by atoms with Crippen LogP contribution in [0, 0.1) is 5.92 Å². The van der Waals surface area contributed by atoms with Crippen molar-refractivity contribution in [3.63, 3.8) is 0 Å². The standard InChI is InChI=1S/C17H29N5O2/c1-4-5-6-9-22-13-14(20(3)17(24)19-15(13)23)18-16(22)21-10-7-12(2)8-11-21/h12-14H,4-11H2,1-3H3,(H,19,23,24). The number of guanidine groups is 1. The van der Waals surface area contributed by atoms with Crippen molar-refractivity contribution in [2.75, 3.05) is 26.7 Å². The number of likely N-dealkylation sites (tertiary alicyclic amines) is 1. The number of fused-ring (bicyclic) bond motifs is 1. The van der Waals surface area contributed by atoms with Gasteiger partial charge in [-0.25, -0.2) is 9.79 Å². The number of hydrogen-bond donors (Lipinski definition) is 1. The van der Waals surface area contributed by atoms with Gasteiger partial charge in [-0.1, -0.05) is 26.7 Å². The van der Waals surface area contributed by atoms with Crippen molar-refractivity contribution in [3.8, 4) is 0 Å². The fourth-order valence-electron chi connectivity index (χ4n) is 3.75. The Morgan fingerprint density at radius 3 is 2.58 bits per heavy atom. The Morgan fingerprint density at radius 1 is 1.21 bits per heavy atom. The molecule has 7 heteroatoms. The smallest absolute Gasteiger partial charge is 0.325 e. The number of unbranched alkanes of at least 4 members (excludes halogenated alkanes) is 2. The molecule has 2 saturated heterocycles. The lowest BCUT2D eigenvalue weighted by atomic mass is 9.99. The zero-order valence-corrected chi connectivity index (χ0v) is 15.0. The lowest BCUT2D eigenvalue weighted by Crippen LogP contribution is -2.64. The van der Waals surface area contributed by atoms with E-state index in [9.17, 15) is 9.59 Å². The molecule has 0 saturated carbocycles. The summed E-state index contributed by atoms with van der Waals surface area (Å²) in [7, 11) is 1.72. The fraction of sp³-hybridized carbons (Fsp3) is 0.824. The first-order valence-electron chi connectivity index (χ1n) is 9.20. The van der Waals surface area contributed by atoms with Crippen molar-refractivity contribution in [3.05, 3.63) is 0 Å². The third kappa shape index (κ3) is 3.08. The number of carbonyl (C=O) groups is 2. The molecule has 7 nitrogen and oxygen atoms in total. The highest BCUT2D eigenvalue weighted by Gasteiger charge is 2.49. The van der Waals surface area contributed by atoms with Crippen molar-refractivity contribution < 1.29 is 9.59 Å². The van der Waals surface area contributed by atoms with Crippen molar-refractivity contribution in [2.45, 2.75) is 58.2 Å². The van der Waals surface area contributed by atoms with Gasteiger partial charge in [0, 0.05) is 26.7 Å². The molecule has 0 aliphatic carbocycles. The molecule has 2 atom stereocenters. The summed E-state index contributed by atoms with van der Waals surface area (Å²) < 4.78 is 0. The molecule has 0 bridgehead atoms. The molecule has 24 heavy (non-hydrogen) atoms. The summed E-state index contributed by atoms with van der Waals surface area (Å²) in [6, 6.07) is -0.745. The molecule has 2 fully saturated rings. The van der Waals surface area contributed by atoms with Crippen LogP contribution in [-0.2, 0) is 4.79 Å². The molecule has 0 spiro atoms. The van der Waals surface area contributed by atoms with E-state index in [-0.39, 0.29) is 18.0 Å². The van der Waals surface area contributed by atoms with Gasteiger partial charge in [-0.05, 0) is 25.2 Å². The van der Waals surface area contributed by atoms with Crippen LogP contribution in [0.1, 0.15) is 46.0 Å². The molecule has 0 aromatic heterocycles. The number of nitrogens with one attached hydrogen (secondary N) is 1. The Hall–Kier alpha value is -1.79. The number of likely N-dealkylation sites (N-methyl/N-ethyl adjacent to an activating group) is 1. The zero-order valence-electron chi connectivity index (χ0n) is 15.0. The third-order valence-electron chi connectivity index (χ3n) is 5.41. The van der Waals surface area contributed by atoms with E-state index in [0.29, 0.717) is 0 Å². The molecule has 0 aromatic rings. The minimum Gasteiger partial charge on any atom is -0.343 e. The van der Waals surface area contributed by atoms with Crippen molar-refractivity contribution >= 4 is 17.9 Å². The van der Waals surface area contributed by atoms with E-state index in [1.54, 1.807) is 11.9 Å². The van der Waals surface area contributed by atoms with E-state index in [1.165, 1.54) is 0 Å².